The zero-order valence-electron chi connectivity index (χ0n) is 15.9. The molecule has 0 saturated carbocycles. The number of ether oxygens (including phenoxy) is 3. The fourth-order valence-corrected chi connectivity index (χ4v) is 2.35. The van der Waals surface area contributed by atoms with Crippen molar-refractivity contribution < 1.29 is 28.6 Å². The molecule has 0 aromatic heterocycles. The minimum Gasteiger partial charge on any atom is -0.466 e. The third-order valence-electron chi connectivity index (χ3n) is 3.60. The van der Waals surface area contributed by atoms with E-state index in [9.17, 15) is 14.4 Å². The summed E-state index contributed by atoms with van der Waals surface area (Å²) >= 11 is 0. The third-order valence-corrected chi connectivity index (χ3v) is 3.60. The zero-order chi connectivity index (χ0) is 20.1. The Morgan fingerprint density at radius 3 is 2.33 bits per heavy atom. The summed E-state index contributed by atoms with van der Waals surface area (Å²) in [6.07, 6.45) is 1.18. The molecular weight excluding hydrogens is 350 g/mol. The van der Waals surface area contributed by atoms with Gasteiger partial charge in [-0.1, -0.05) is 36.4 Å². The van der Waals surface area contributed by atoms with Crippen molar-refractivity contribution in [1.29, 1.82) is 0 Å². The molecule has 1 atom stereocenters. The number of allylic oxidation sites excluding steroid dienone is 1. The molecule has 7 nitrogen and oxygen atoms in total. The quantitative estimate of drug-likeness (QED) is 0.335. The van der Waals surface area contributed by atoms with Crippen molar-refractivity contribution in [1.82, 2.24) is 4.90 Å². The second kappa shape index (κ2) is 12.5. The number of hydrogen-bond acceptors (Lipinski definition) is 6. The largest absolute Gasteiger partial charge is 0.466 e. The Kier molecular flexibility index (Phi) is 10.3. The zero-order valence-corrected chi connectivity index (χ0v) is 15.9. The molecular formula is C20H27NO6. The van der Waals surface area contributed by atoms with E-state index in [2.05, 4.69) is 6.58 Å². The molecule has 0 aliphatic rings. The van der Waals surface area contributed by atoms with Crippen LogP contribution in [0.2, 0.25) is 0 Å². The number of rotatable bonds is 11. The Morgan fingerprint density at radius 1 is 1.07 bits per heavy atom. The van der Waals surface area contributed by atoms with Crippen LogP contribution < -0.4 is 0 Å². The first-order valence-electron chi connectivity index (χ1n) is 8.90. The van der Waals surface area contributed by atoms with Crippen LogP contribution in [0.25, 0.3) is 0 Å². The molecule has 0 radical (unpaired) electrons. The lowest BCUT2D eigenvalue weighted by molar-refractivity contribution is -0.150. The third kappa shape index (κ3) is 8.40. The molecule has 1 amide bonds. The maximum atomic E-state index is 12.5. The summed E-state index contributed by atoms with van der Waals surface area (Å²) in [6.45, 7) is 7.14. The second-order valence-corrected chi connectivity index (χ2v) is 5.70. The number of esters is 2. The molecule has 1 rings (SSSR count). The molecule has 1 aromatic rings. The molecule has 148 valence electrons. The fraction of sp³-hybridized carbons (Fsp3) is 0.450. The smallest absolute Gasteiger partial charge is 0.410 e. The van der Waals surface area contributed by atoms with E-state index >= 15 is 0 Å². The summed E-state index contributed by atoms with van der Waals surface area (Å²) < 4.78 is 15.2. The van der Waals surface area contributed by atoms with Crippen molar-refractivity contribution in [2.45, 2.75) is 26.9 Å². The lowest BCUT2D eigenvalue weighted by Crippen LogP contribution is -2.42. The van der Waals surface area contributed by atoms with Gasteiger partial charge in [-0.3, -0.25) is 14.5 Å². The van der Waals surface area contributed by atoms with Crippen molar-refractivity contribution in [3.05, 3.63) is 48.6 Å². The van der Waals surface area contributed by atoms with Gasteiger partial charge in [0.05, 0.1) is 19.1 Å². The van der Waals surface area contributed by atoms with Crippen LogP contribution in [-0.4, -0.2) is 49.2 Å². The maximum absolute atomic E-state index is 12.5. The average Bonchev–Trinajstić information content (AvgIpc) is 2.66. The van der Waals surface area contributed by atoms with Gasteiger partial charge >= 0.3 is 18.0 Å². The van der Waals surface area contributed by atoms with Crippen molar-refractivity contribution in [3.63, 3.8) is 0 Å². The molecule has 0 aliphatic carbocycles. The number of nitrogens with zero attached hydrogens (tertiary/aromatic N) is 1. The minimum absolute atomic E-state index is 0.0305. The highest BCUT2D eigenvalue weighted by molar-refractivity contribution is 5.79. The first-order chi connectivity index (χ1) is 13.0. The predicted octanol–water partition coefficient (Wildman–Crippen LogP) is 2.94. The first-order valence-corrected chi connectivity index (χ1v) is 8.90. The summed E-state index contributed by atoms with van der Waals surface area (Å²) in [7, 11) is 0. The van der Waals surface area contributed by atoms with Crippen LogP contribution in [0.15, 0.2) is 43.0 Å². The molecule has 0 heterocycles. The Balaban J connectivity index is 2.82. The van der Waals surface area contributed by atoms with Gasteiger partial charge in [-0.25, -0.2) is 4.79 Å². The van der Waals surface area contributed by atoms with Crippen LogP contribution >= 0.6 is 0 Å². The fourth-order valence-electron chi connectivity index (χ4n) is 2.35. The van der Waals surface area contributed by atoms with Crippen molar-refractivity contribution in [2.75, 3.05) is 26.3 Å². The van der Waals surface area contributed by atoms with E-state index in [0.717, 1.165) is 10.5 Å². The molecule has 1 aromatic carbocycles. The monoisotopic (exact) mass is 377 g/mol. The Hall–Kier alpha value is -2.83. The highest BCUT2D eigenvalue weighted by atomic mass is 16.6. The van der Waals surface area contributed by atoms with Crippen LogP contribution in [0.3, 0.4) is 0 Å². The van der Waals surface area contributed by atoms with Gasteiger partial charge in [0, 0.05) is 6.54 Å². The summed E-state index contributed by atoms with van der Waals surface area (Å²) in [5, 5.41) is 0. The van der Waals surface area contributed by atoms with E-state index in [1.54, 1.807) is 19.9 Å². The van der Waals surface area contributed by atoms with Crippen LogP contribution in [0.4, 0.5) is 4.79 Å². The number of carbonyl (C=O) groups excluding carboxylic acids is 3. The highest BCUT2D eigenvalue weighted by Gasteiger charge is 2.27. The van der Waals surface area contributed by atoms with E-state index in [1.165, 1.54) is 0 Å². The summed E-state index contributed by atoms with van der Waals surface area (Å²) in [5.74, 6) is -1.67. The van der Waals surface area contributed by atoms with E-state index in [4.69, 9.17) is 14.2 Å². The summed E-state index contributed by atoms with van der Waals surface area (Å²) in [5.41, 5.74) is 0.815. The lowest BCUT2D eigenvalue weighted by atomic mass is 10.1. The second-order valence-electron chi connectivity index (χ2n) is 5.70. The molecule has 0 fully saturated rings. The van der Waals surface area contributed by atoms with Gasteiger partial charge in [0.2, 0.25) is 0 Å². The van der Waals surface area contributed by atoms with Crippen LogP contribution in [-0.2, 0) is 30.4 Å². The van der Waals surface area contributed by atoms with Gasteiger partial charge < -0.3 is 14.2 Å². The number of benzene rings is 1. The van der Waals surface area contributed by atoms with Gasteiger partial charge in [0.1, 0.15) is 13.2 Å². The van der Waals surface area contributed by atoms with Gasteiger partial charge in [0.25, 0.3) is 0 Å². The van der Waals surface area contributed by atoms with Crippen molar-refractivity contribution >= 4 is 18.0 Å². The Morgan fingerprint density at radius 2 is 1.74 bits per heavy atom. The van der Waals surface area contributed by atoms with Crippen LogP contribution in [0, 0.1) is 5.92 Å². The average molecular weight is 377 g/mol. The lowest BCUT2D eigenvalue weighted by Gasteiger charge is -2.25. The topological polar surface area (TPSA) is 82.1 Å². The van der Waals surface area contributed by atoms with Gasteiger partial charge in [-0.15, -0.1) is 6.58 Å². The first kappa shape index (κ1) is 22.2. The van der Waals surface area contributed by atoms with Gasteiger partial charge in [-0.05, 0) is 25.8 Å². The van der Waals surface area contributed by atoms with Crippen molar-refractivity contribution in [2.24, 2.45) is 5.92 Å². The summed E-state index contributed by atoms with van der Waals surface area (Å²) in [4.78, 5) is 37.6. The molecule has 1 unspecified atom stereocenters. The molecule has 0 saturated heterocycles. The van der Waals surface area contributed by atoms with E-state index in [-0.39, 0.29) is 32.9 Å². The molecule has 27 heavy (non-hydrogen) atoms. The predicted molar refractivity (Wildman–Crippen MR) is 99.8 cm³/mol. The van der Waals surface area contributed by atoms with Gasteiger partial charge in [0.15, 0.2) is 0 Å². The Labute approximate surface area is 159 Å². The normalized spacial score (nSPS) is 11.2. The van der Waals surface area contributed by atoms with E-state index in [0.29, 0.717) is 6.42 Å². The molecule has 0 bridgehead atoms. The number of amides is 1. The number of hydrogen-bond donors (Lipinski definition) is 0. The summed E-state index contributed by atoms with van der Waals surface area (Å²) in [6, 6.07) is 9.17. The molecule has 0 aliphatic heterocycles. The Bertz CT molecular complexity index is 616. The molecule has 7 heteroatoms. The van der Waals surface area contributed by atoms with Crippen LogP contribution in [0.5, 0.6) is 0 Å². The standard InChI is InChI=1S/C20H27NO6/c1-4-10-17(19(23)26-6-3)13-21(14-18(22)25-5-2)20(24)27-15-16-11-8-7-9-12-16/h4,7-9,11-12,17H,1,5-6,10,13-15H2,2-3H3. The van der Waals surface area contributed by atoms with E-state index in [1.807, 2.05) is 30.3 Å². The van der Waals surface area contributed by atoms with Gasteiger partial charge in [-0.2, -0.15) is 0 Å². The minimum atomic E-state index is -0.703. The maximum Gasteiger partial charge on any atom is 0.410 e. The van der Waals surface area contributed by atoms with Crippen molar-refractivity contribution in [3.8, 4) is 0 Å². The highest BCUT2D eigenvalue weighted by Crippen LogP contribution is 2.12. The van der Waals surface area contributed by atoms with Crippen LogP contribution in [0.1, 0.15) is 25.8 Å². The van der Waals surface area contributed by atoms with E-state index < -0.39 is 23.9 Å². The number of carbonyl (C=O) groups is 3. The molecule has 0 N–H and O–H groups in total. The molecule has 0 spiro atoms. The SMILES string of the molecule is C=CCC(CN(CC(=O)OCC)C(=O)OCc1ccccc1)C(=O)OCC.